The summed E-state index contributed by atoms with van der Waals surface area (Å²) in [5.41, 5.74) is 8.14. The number of nitrogens with one attached hydrogen (secondary N) is 1. The molecule has 2 aromatic carbocycles. The summed E-state index contributed by atoms with van der Waals surface area (Å²) < 4.78 is 1.93. The number of H-pyrrole nitrogens is 1. The van der Waals surface area contributed by atoms with E-state index in [-0.39, 0.29) is 0 Å². The Morgan fingerprint density at radius 1 is 0.893 bits per heavy atom. The monoisotopic (exact) mass is 365 g/mol. The van der Waals surface area contributed by atoms with E-state index in [4.69, 9.17) is 4.98 Å². The lowest BCUT2D eigenvalue weighted by molar-refractivity contribution is 0.689. The number of aromatic nitrogens is 5. The van der Waals surface area contributed by atoms with Crippen LogP contribution < -0.4 is 0 Å². The lowest BCUT2D eigenvalue weighted by Gasteiger charge is -2.21. The summed E-state index contributed by atoms with van der Waals surface area (Å²) in [7, 11) is 0. The van der Waals surface area contributed by atoms with E-state index in [0.29, 0.717) is 0 Å². The van der Waals surface area contributed by atoms with Crippen LogP contribution in [-0.2, 0) is 12.8 Å². The van der Waals surface area contributed by atoms with Gasteiger partial charge in [0, 0.05) is 22.5 Å². The maximum Gasteiger partial charge on any atom is 0.0776 e. The van der Waals surface area contributed by atoms with Crippen LogP contribution in [0.15, 0.2) is 61.1 Å². The van der Waals surface area contributed by atoms with E-state index in [0.717, 1.165) is 40.8 Å². The Bertz CT molecular complexity index is 1310. The maximum absolute atomic E-state index is 5.10. The molecule has 136 valence electrons. The van der Waals surface area contributed by atoms with Crippen LogP contribution in [-0.4, -0.2) is 25.0 Å². The molecule has 0 bridgehead atoms. The zero-order valence-electron chi connectivity index (χ0n) is 15.4. The van der Waals surface area contributed by atoms with Crippen LogP contribution in [0.25, 0.3) is 38.8 Å². The molecule has 5 aromatic rings. The number of rotatable bonds is 2. The predicted octanol–water partition coefficient (Wildman–Crippen LogP) is 4.84. The molecule has 5 heteroatoms. The molecule has 5 nitrogen and oxygen atoms in total. The second kappa shape index (κ2) is 6.02. The summed E-state index contributed by atoms with van der Waals surface area (Å²) in [6.07, 6.45) is 10.6. The Hall–Kier alpha value is -3.47. The number of nitrogens with zero attached hydrogens (tertiary/aromatic N) is 4. The Balaban J connectivity index is 1.60. The first kappa shape index (κ1) is 15.6. The number of fused-ring (bicyclic) bond motifs is 5. The third kappa shape index (κ3) is 2.29. The SMILES string of the molecule is c1ccc(-n2cc(-c3nc4ccc5[nH]ncc5c4c4c3CCCC4)cn2)cc1. The van der Waals surface area contributed by atoms with Crippen LogP contribution in [0.1, 0.15) is 24.0 Å². The smallest absolute Gasteiger partial charge is 0.0776 e. The second-order valence-electron chi connectivity index (χ2n) is 7.42. The van der Waals surface area contributed by atoms with Crippen molar-refractivity contribution in [3.63, 3.8) is 0 Å². The minimum atomic E-state index is 1.04. The van der Waals surface area contributed by atoms with Crippen molar-refractivity contribution >= 4 is 21.8 Å². The highest BCUT2D eigenvalue weighted by molar-refractivity contribution is 6.07. The molecule has 0 fully saturated rings. The molecule has 6 rings (SSSR count). The molecule has 0 atom stereocenters. The van der Waals surface area contributed by atoms with Gasteiger partial charge in [-0.25, -0.2) is 9.67 Å². The van der Waals surface area contributed by atoms with Crippen LogP contribution in [0, 0.1) is 0 Å². The molecule has 1 N–H and O–H groups in total. The van der Waals surface area contributed by atoms with Gasteiger partial charge < -0.3 is 0 Å². The van der Waals surface area contributed by atoms with E-state index in [1.54, 1.807) is 0 Å². The zero-order valence-corrected chi connectivity index (χ0v) is 15.4. The van der Waals surface area contributed by atoms with Crippen LogP contribution in [0.3, 0.4) is 0 Å². The van der Waals surface area contributed by atoms with Gasteiger partial charge in [-0.1, -0.05) is 18.2 Å². The lowest BCUT2D eigenvalue weighted by Crippen LogP contribution is -2.07. The van der Waals surface area contributed by atoms with Gasteiger partial charge in [0.2, 0.25) is 0 Å². The van der Waals surface area contributed by atoms with Crippen LogP contribution in [0.5, 0.6) is 0 Å². The number of aryl methyl sites for hydroxylation is 1. The van der Waals surface area contributed by atoms with Crippen molar-refractivity contribution in [2.45, 2.75) is 25.7 Å². The Kier molecular flexibility index (Phi) is 3.35. The van der Waals surface area contributed by atoms with E-state index in [2.05, 4.69) is 45.8 Å². The Labute approximate surface area is 162 Å². The van der Waals surface area contributed by atoms with E-state index < -0.39 is 0 Å². The standard InChI is InChI=1S/C23H19N5/c1-2-6-16(7-3-1)28-14-15(12-25-28)23-18-9-5-4-8-17(18)22-19-13-24-27-20(19)10-11-21(22)26-23/h1-3,6-7,10-14H,4-5,8-9H2,(H,24,27). The van der Waals surface area contributed by atoms with Crippen LogP contribution in [0.2, 0.25) is 0 Å². The van der Waals surface area contributed by atoms with Crippen LogP contribution in [0.4, 0.5) is 0 Å². The van der Waals surface area contributed by atoms with E-state index in [9.17, 15) is 0 Å². The van der Waals surface area contributed by atoms with Crippen molar-refractivity contribution in [3.05, 3.63) is 72.2 Å². The largest absolute Gasteiger partial charge is 0.278 e. The fourth-order valence-electron chi connectivity index (χ4n) is 4.45. The average Bonchev–Trinajstić information content (AvgIpc) is 3.43. The summed E-state index contributed by atoms with van der Waals surface area (Å²) in [6.45, 7) is 0. The predicted molar refractivity (Wildman–Crippen MR) is 111 cm³/mol. The minimum absolute atomic E-state index is 1.04. The highest BCUT2D eigenvalue weighted by Crippen LogP contribution is 2.37. The van der Waals surface area contributed by atoms with Crippen molar-refractivity contribution in [2.24, 2.45) is 0 Å². The van der Waals surface area contributed by atoms with E-state index >= 15 is 0 Å². The third-order valence-corrected chi connectivity index (χ3v) is 5.77. The maximum atomic E-state index is 5.10. The van der Waals surface area contributed by atoms with Gasteiger partial charge in [-0.2, -0.15) is 10.2 Å². The highest BCUT2D eigenvalue weighted by atomic mass is 15.3. The van der Waals surface area contributed by atoms with Gasteiger partial charge in [-0.15, -0.1) is 0 Å². The van der Waals surface area contributed by atoms with Gasteiger partial charge >= 0.3 is 0 Å². The number of aromatic amines is 1. The molecular weight excluding hydrogens is 346 g/mol. The summed E-state index contributed by atoms with van der Waals surface area (Å²) in [5.74, 6) is 0. The molecule has 0 saturated carbocycles. The Morgan fingerprint density at radius 2 is 1.75 bits per heavy atom. The van der Waals surface area contributed by atoms with Gasteiger partial charge in [-0.3, -0.25) is 5.10 Å². The summed E-state index contributed by atoms with van der Waals surface area (Å²) in [6, 6.07) is 14.4. The first-order chi connectivity index (χ1) is 13.9. The van der Waals surface area contributed by atoms with Crippen molar-refractivity contribution < 1.29 is 0 Å². The number of hydrogen-bond acceptors (Lipinski definition) is 3. The average molecular weight is 365 g/mol. The normalized spacial score (nSPS) is 13.9. The topological polar surface area (TPSA) is 59.4 Å². The van der Waals surface area contributed by atoms with Gasteiger partial charge in [-0.05, 0) is 61.1 Å². The van der Waals surface area contributed by atoms with Crippen molar-refractivity contribution in [2.75, 3.05) is 0 Å². The molecule has 0 aliphatic heterocycles. The molecule has 3 heterocycles. The van der Waals surface area contributed by atoms with E-state index in [1.807, 2.05) is 35.3 Å². The molecule has 28 heavy (non-hydrogen) atoms. The molecule has 1 aliphatic carbocycles. The number of pyridine rings is 1. The molecule has 1 aliphatic rings. The van der Waals surface area contributed by atoms with E-state index in [1.165, 1.54) is 34.7 Å². The van der Waals surface area contributed by atoms with Crippen molar-refractivity contribution in [1.82, 2.24) is 25.0 Å². The zero-order chi connectivity index (χ0) is 18.5. The lowest BCUT2D eigenvalue weighted by atomic mass is 9.86. The Morgan fingerprint density at radius 3 is 2.64 bits per heavy atom. The first-order valence-corrected chi connectivity index (χ1v) is 9.76. The van der Waals surface area contributed by atoms with Gasteiger partial charge in [0.05, 0.1) is 34.8 Å². The van der Waals surface area contributed by atoms with Crippen molar-refractivity contribution in [3.8, 4) is 16.9 Å². The number of para-hydroxylation sites is 1. The molecule has 0 spiro atoms. The quantitative estimate of drug-likeness (QED) is 0.487. The fourth-order valence-corrected chi connectivity index (χ4v) is 4.45. The molecule has 0 radical (unpaired) electrons. The second-order valence-corrected chi connectivity index (χ2v) is 7.42. The number of benzene rings is 2. The van der Waals surface area contributed by atoms with Crippen LogP contribution >= 0.6 is 0 Å². The highest BCUT2D eigenvalue weighted by Gasteiger charge is 2.21. The summed E-state index contributed by atoms with van der Waals surface area (Å²) in [5, 5.41) is 14.4. The molecule has 0 unspecified atom stereocenters. The molecule has 0 saturated heterocycles. The van der Waals surface area contributed by atoms with Crippen molar-refractivity contribution in [1.29, 1.82) is 0 Å². The molecule has 0 amide bonds. The molecule has 3 aromatic heterocycles. The summed E-state index contributed by atoms with van der Waals surface area (Å²) in [4.78, 5) is 5.10. The van der Waals surface area contributed by atoms with Gasteiger partial charge in [0.15, 0.2) is 0 Å². The fraction of sp³-hybridized carbons (Fsp3) is 0.174. The van der Waals surface area contributed by atoms with Gasteiger partial charge in [0.1, 0.15) is 0 Å². The first-order valence-electron chi connectivity index (χ1n) is 9.76. The third-order valence-electron chi connectivity index (χ3n) is 5.77. The molecular formula is C23H19N5. The minimum Gasteiger partial charge on any atom is -0.278 e. The summed E-state index contributed by atoms with van der Waals surface area (Å²) >= 11 is 0. The number of hydrogen-bond donors (Lipinski definition) is 1. The van der Waals surface area contributed by atoms with Gasteiger partial charge in [0.25, 0.3) is 0 Å².